The van der Waals surface area contributed by atoms with E-state index in [1.807, 2.05) is 18.2 Å². The van der Waals surface area contributed by atoms with Gasteiger partial charge in [0.2, 0.25) is 0 Å². The third-order valence-electron chi connectivity index (χ3n) is 7.75. The van der Waals surface area contributed by atoms with Crippen molar-refractivity contribution in [2.45, 2.75) is 5.75 Å². The molecule has 22 heteroatoms. The quantitative estimate of drug-likeness (QED) is 0.0589. The lowest BCUT2D eigenvalue weighted by atomic mass is 9.12. The fourth-order valence-corrected chi connectivity index (χ4v) is 5.71. The second-order valence-electron chi connectivity index (χ2n) is 10.5. The molecule has 0 saturated heterocycles. The van der Waals surface area contributed by atoms with Gasteiger partial charge in [0.15, 0.2) is 69.8 Å². The minimum Gasteiger partial charge on any atom is -0.207 e. The average Bonchev–Trinajstić information content (AvgIpc) is 3.15. The van der Waals surface area contributed by atoms with E-state index in [0.717, 1.165) is 5.75 Å². The molecule has 0 nitrogen and oxygen atoms in total. The first-order valence-electron chi connectivity index (χ1n) is 13.6. The lowest BCUT2D eigenvalue weighted by Crippen LogP contribution is -2.81. The van der Waals surface area contributed by atoms with Gasteiger partial charge in [0, 0.05) is 5.56 Å². The van der Waals surface area contributed by atoms with Crippen LogP contribution in [0.3, 0.4) is 0 Å². The summed E-state index contributed by atoms with van der Waals surface area (Å²) in [6.45, 7) is 0. The molecule has 0 amide bonds. The molecule has 0 atom stereocenters. The number of halogens is 20. The molecule has 5 aromatic carbocycles. The summed E-state index contributed by atoms with van der Waals surface area (Å²) < 4.78 is 294. The van der Waals surface area contributed by atoms with Crippen LogP contribution in [0.5, 0.6) is 0 Å². The van der Waals surface area contributed by atoms with Crippen LogP contribution in [0, 0.1) is 116 Å². The molecule has 0 aliphatic heterocycles. The zero-order valence-electron chi connectivity index (χ0n) is 24.7. The zero-order valence-corrected chi connectivity index (χ0v) is 25.7. The van der Waals surface area contributed by atoms with Crippen molar-refractivity contribution in [2.24, 2.45) is 0 Å². The van der Waals surface area contributed by atoms with Crippen molar-refractivity contribution in [1.82, 2.24) is 0 Å². The topological polar surface area (TPSA) is 0 Å². The Morgan fingerprint density at radius 2 is 0.453 bits per heavy atom. The summed E-state index contributed by atoms with van der Waals surface area (Å²) in [5.41, 5.74) is -13.0. The number of hydrogen-bond acceptors (Lipinski definition) is 0. The van der Waals surface area contributed by atoms with E-state index in [4.69, 9.17) is 0 Å². The monoisotopic (exact) mass is 804 g/mol. The molecule has 5 rings (SSSR count). The van der Waals surface area contributed by atoms with Gasteiger partial charge in [-0.15, -0.1) is 21.9 Å². The standard InChI is InChI=1S/C24BF20.C7H8S/c26-5-1(6(27)14(35)21(42)13(5)34)25(2-7(28)15(36)22(43)16(37)8(2)29,3-9(30)17(38)23(44)18(39)10(3)31)4-11(32)19(40)24(45)20(41)12(4)33;8-6-7-4-2-1-3-5-7/h;1-5,8H,6H2/q-1;/p+1. The summed E-state index contributed by atoms with van der Waals surface area (Å²) in [5.74, 6) is -70.5. The van der Waals surface area contributed by atoms with Crippen molar-refractivity contribution in [3.8, 4) is 0 Å². The highest BCUT2D eigenvalue weighted by molar-refractivity contribution is 7.57. The largest absolute Gasteiger partial charge is 0.207 e. The molecule has 0 aliphatic carbocycles. The molecule has 0 heterocycles. The Hall–Kier alpha value is -4.89. The molecule has 0 N–H and O–H groups in total. The predicted molar refractivity (Wildman–Crippen MR) is 150 cm³/mol. The summed E-state index contributed by atoms with van der Waals surface area (Å²) >= 11 is 3.40. The van der Waals surface area contributed by atoms with Crippen LogP contribution in [0.25, 0.3) is 0 Å². The van der Waals surface area contributed by atoms with Crippen LogP contribution >= 0.6 is 0 Å². The first kappa shape index (κ1) is 40.9. The lowest BCUT2D eigenvalue weighted by molar-refractivity contribution is 0.378. The Bertz CT molecular complexity index is 1900. The Balaban J connectivity index is 0.000000692. The van der Waals surface area contributed by atoms with E-state index in [-0.39, 0.29) is 0 Å². The van der Waals surface area contributed by atoms with Crippen molar-refractivity contribution in [1.29, 1.82) is 0 Å². The Kier molecular flexibility index (Phi) is 11.5. The first-order valence-corrected chi connectivity index (χ1v) is 14.3. The Morgan fingerprint density at radius 3 is 0.604 bits per heavy atom. The van der Waals surface area contributed by atoms with Crippen molar-refractivity contribution >= 4 is 40.6 Å². The SMILES string of the molecule is Fc1c(F)c(F)c([B-](c2c(F)c(F)c(F)c(F)c2F)(c2c(F)c(F)c(F)c(F)c2F)c2c(F)c(F)c(F)c(F)c2F)c(F)c1F.[SH2+]Cc1ccccc1. The smallest absolute Gasteiger partial charge is 0.200 e. The van der Waals surface area contributed by atoms with Crippen LogP contribution in [0.4, 0.5) is 87.8 Å². The molecular formula is C31H9BF20S. The molecule has 0 bridgehead atoms. The van der Waals surface area contributed by atoms with Crippen LogP contribution in [0.1, 0.15) is 5.56 Å². The molecule has 0 saturated carbocycles. The first-order chi connectivity index (χ1) is 24.6. The molecule has 0 radical (unpaired) electrons. The number of benzene rings is 5. The fourth-order valence-electron chi connectivity index (χ4n) is 5.47. The van der Waals surface area contributed by atoms with E-state index >= 15 is 35.1 Å². The third kappa shape index (κ3) is 6.13. The van der Waals surface area contributed by atoms with Gasteiger partial charge in [0.25, 0.3) is 0 Å². The van der Waals surface area contributed by atoms with Gasteiger partial charge in [-0.25, -0.2) is 87.8 Å². The van der Waals surface area contributed by atoms with Gasteiger partial charge >= 0.3 is 0 Å². The maximum atomic E-state index is 15.4. The van der Waals surface area contributed by atoms with Gasteiger partial charge < -0.3 is 0 Å². The fraction of sp³-hybridized carbons (Fsp3) is 0.0323. The summed E-state index contributed by atoms with van der Waals surface area (Å²) in [7, 11) is 0. The summed E-state index contributed by atoms with van der Waals surface area (Å²) in [4.78, 5) is 0. The van der Waals surface area contributed by atoms with Crippen LogP contribution < -0.4 is 21.9 Å². The van der Waals surface area contributed by atoms with Gasteiger partial charge in [-0.3, -0.25) is 0 Å². The van der Waals surface area contributed by atoms with Crippen molar-refractivity contribution < 1.29 is 87.8 Å². The van der Waals surface area contributed by atoms with E-state index in [0.29, 0.717) is 0 Å². The minimum atomic E-state index is -7.22. The van der Waals surface area contributed by atoms with E-state index in [9.17, 15) is 52.7 Å². The van der Waals surface area contributed by atoms with Crippen LogP contribution in [0.15, 0.2) is 30.3 Å². The second kappa shape index (κ2) is 14.9. The molecular weight excluding hydrogens is 795 g/mol. The van der Waals surface area contributed by atoms with Gasteiger partial charge in [0.1, 0.15) is 58.4 Å². The van der Waals surface area contributed by atoms with E-state index < -0.39 is 144 Å². The maximum absolute atomic E-state index is 15.4. The van der Waals surface area contributed by atoms with Gasteiger partial charge in [-0.2, -0.15) is 0 Å². The highest BCUT2D eigenvalue weighted by Gasteiger charge is 2.52. The predicted octanol–water partition coefficient (Wildman–Crippen LogP) is 7.04. The number of rotatable bonds is 5. The second-order valence-corrected chi connectivity index (χ2v) is 10.8. The molecule has 0 aromatic heterocycles. The maximum Gasteiger partial charge on any atom is 0.200 e. The molecule has 0 aliphatic rings. The van der Waals surface area contributed by atoms with Crippen LogP contribution in [0.2, 0.25) is 0 Å². The Labute approximate surface area is 286 Å². The highest BCUT2D eigenvalue weighted by Crippen LogP contribution is 2.30. The minimum absolute atomic E-state index is 0.945. The summed E-state index contributed by atoms with van der Waals surface area (Å²) in [5, 5.41) is 0. The molecule has 0 spiro atoms. The third-order valence-corrected chi connectivity index (χ3v) is 8.16. The zero-order chi connectivity index (χ0) is 40.2. The molecule has 0 fully saturated rings. The van der Waals surface area contributed by atoms with Gasteiger partial charge in [0.05, 0.1) is 0 Å². The van der Waals surface area contributed by atoms with Gasteiger partial charge in [-0.05, 0) is 12.6 Å². The van der Waals surface area contributed by atoms with Crippen molar-refractivity contribution in [3.05, 3.63) is 152 Å². The highest BCUT2D eigenvalue weighted by atomic mass is 32.1. The Morgan fingerprint density at radius 1 is 0.283 bits per heavy atom. The molecule has 282 valence electrons. The van der Waals surface area contributed by atoms with E-state index in [1.165, 1.54) is 5.56 Å². The number of hydrogen-bond donors (Lipinski definition) is 0. The van der Waals surface area contributed by atoms with Crippen LogP contribution in [-0.2, 0) is 18.4 Å². The summed E-state index contributed by atoms with van der Waals surface area (Å²) in [6, 6.07) is 10.3. The van der Waals surface area contributed by atoms with E-state index in [2.05, 4.69) is 24.8 Å². The summed E-state index contributed by atoms with van der Waals surface area (Å²) in [6.07, 6.45) is -7.22. The van der Waals surface area contributed by atoms with Crippen LogP contribution in [-0.4, -0.2) is 6.15 Å². The van der Waals surface area contributed by atoms with E-state index in [1.54, 1.807) is 0 Å². The average molecular weight is 804 g/mol. The molecule has 5 aromatic rings. The lowest BCUT2D eigenvalue weighted by Gasteiger charge is -2.44. The van der Waals surface area contributed by atoms with Gasteiger partial charge in [-0.1, -0.05) is 30.3 Å². The normalized spacial score (nSPS) is 11.6. The molecule has 53 heavy (non-hydrogen) atoms. The van der Waals surface area contributed by atoms with Crippen molar-refractivity contribution in [2.75, 3.05) is 0 Å². The molecule has 0 unspecified atom stereocenters. The van der Waals surface area contributed by atoms with Crippen molar-refractivity contribution in [3.63, 3.8) is 0 Å².